The number of fused-ring (bicyclic) bond motifs is 1. The molecule has 0 saturated carbocycles. The molecule has 1 fully saturated rings. The zero-order valence-electron chi connectivity index (χ0n) is 16.6. The minimum absolute atomic E-state index is 0.0952. The van der Waals surface area contributed by atoms with E-state index in [9.17, 15) is 14.0 Å². The van der Waals surface area contributed by atoms with E-state index in [4.69, 9.17) is 0 Å². The molecule has 8 heteroatoms. The van der Waals surface area contributed by atoms with Crippen molar-refractivity contribution in [3.05, 3.63) is 70.9 Å². The number of rotatable bonds is 6. The summed E-state index contributed by atoms with van der Waals surface area (Å²) in [5.74, 6) is -0.459. The molecule has 0 spiro atoms. The Morgan fingerprint density at radius 1 is 1.03 bits per heavy atom. The van der Waals surface area contributed by atoms with Crippen molar-refractivity contribution in [2.24, 2.45) is 0 Å². The van der Waals surface area contributed by atoms with Crippen molar-refractivity contribution in [2.75, 3.05) is 44.2 Å². The van der Waals surface area contributed by atoms with Gasteiger partial charge in [0.15, 0.2) is 0 Å². The summed E-state index contributed by atoms with van der Waals surface area (Å²) in [4.78, 5) is 29.2. The standard InChI is InChI=1S/C22H24FN5O2/c23-18-5-7-19(8-6-18)27-13-11-26(12-14-27)10-9-24-21(29)16-28-22(30)20-4-2-1-3-17(20)15-25-28/h1-8,15H,9-14,16H2,(H,24,29). The van der Waals surface area contributed by atoms with Crippen LogP contribution < -0.4 is 15.8 Å². The highest BCUT2D eigenvalue weighted by atomic mass is 19.1. The first-order valence-corrected chi connectivity index (χ1v) is 10.0. The number of amides is 1. The third kappa shape index (κ3) is 4.65. The van der Waals surface area contributed by atoms with Gasteiger partial charge in [-0.25, -0.2) is 9.07 Å². The monoisotopic (exact) mass is 409 g/mol. The van der Waals surface area contributed by atoms with E-state index in [0.717, 1.165) is 43.8 Å². The predicted octanol–water partition coefficient (Wildman–Crippen LogP) is 1.47. The SMILES string of the molecule is O=C(Cn1ncc2ccccc2c1=O)NCCN1CCN(c2ccc(F)cc2)CC1. The van der Waals surface area contributed by atoms with Gasteiger partial charge >= 0.3 is 0 Å². The molecule has 7 nitrogen and oxygen atoms in total. The van der Waals surface area contributed by atoms with Gasteiger partial charge in [0, 0.05) is 50.3 Å². The van der Waals surface area contributed by atoms with Gasteiger partial charge in [0.2, 0.25) is 5.91 Å². The second-order valence-corrected chi connectivity index (χ2v) is 7.35. The van der Waals surface area contributed by atoms with Crippen LogP contribution in [0.3, 0.4) is 0 Å². The smallest absolute Gasteiger partial charge is 0.275 e. The predicted molar refractivity (Wildman–Crippen MR) is 114 cm³/mol. The number of hydrogen-bond donors (Lipinski definition) is 1. The highest BCUT2D eigenvalue weighted by Gasteiger charge is 2.17. The summed E-state index contributed by atoms with van der Waals surface area (Å²) in [6.07, 6.45) is 1.60. The van der Waals surface area contributed by atoms with Crippen LogP contribution in [0.4, 0.5) is 10.1 Å². The van der Waals surface area contributed by atoms with E-state index in [-0.39, 0.29) is 23.8 Å². The number of nitrogens with zero attached hydrogens (tertiary/aromatic N) is 4. The van der Waals surface area contributed by atoms with Crippen LogP contribution in [0, 0.1) is 5.82 Å². The average molecular weight is 409 g/mol. The number of carbonyl (C=O) groups excluding carboxylic acids is 1. The van der Waals surface area contributed by atoms with Gasteiger partial charge in [-0.3, -0.25) is 14.5 Å². The Balaban J connectivity index is 1.22. The Morgan fingerprint density at radius 3 is 2.53 bits per heavy atom. The Hall–Kier alpha value is -3.26. The zero-order chi connectivity index (χ0) is 20.9. The van der Waals surface area contributed by atoms with Crippen LogP contribution in [-0.2, 0) is 11.3 Å². The first-order valence-electron chi connectivity index (χ1n) is 10.0. The highest BCUT2D eigenvalue weighted by molar-refractivity contribution is 5.81. The average Bonchev–Trinajstić information content (AvgIpc) is 2.77. The normalized spacial score (nSPS) is 14.8. The van der Waals surface area contributed by atoms with Crippen molar-refractivity contribution >= 4 is 22.4 Å². The van der Waals surface area contributed by atoms with Crippen LogP contribution in [0.15, 0.2) is 59.5 Å². The highest BCUT2D eigenvalue weighted by Crippen LogP contribution is 2.16. The number of halogens is 1. The molecule has 1 aromatic heterocycles. The summed E-state index contributed by atoms with van der Waals surface area (Å²) >= 11 is 0. The summed E-state index contributed by atoms with van der Waals surface area (Å²) in [5.41, 5.74) is 0.762. The van der Waals surface area contributed by atoms with Gasteiger partial charge in [-0.15, -0.1) is 0 Å². The lowest BCUT2D eigenvalue weighted by atomic mass is 10.2. The van der Waals surface area contributed by atoms with Crippen LogP contribution in [-0.4, -0.2) is 59.9 Å². The second kappa shape index (κ2) is 9.04. The van der Waals surface area contributed by atoms with Crippen molar-refractivity contribution < 1.29 is 9.18 Å². The zero-order valence-corrected chi connectivity index (χ0v) is 16.6. The fourth-order valence-corrected chi connectivity index (χ4v) is 3.67. The van der Waals surface area contributed by atoms with Crippen molar-refractivity contribution in [3.63, 3.8) is 0 Å². The van der Waals surface area contributed by atoms with Crippen molar-refractivity contribution in [1.82, 2.24) is 20.0 Å². The molecule has 0 bridgehead atoms. The Bertz CT molecular complexity index is 1070. The van der Waals surface area contributed by atoms with Crippen LogP contribution in [0.25, 0.3) is 10.8 Å². The van der Waals surface area contributed by atoms with Gasteiger partial charge in [0.05, 0.1) is 11.6 Å². The molecule has 0 aliphatic carbocycles. The van der Waals surface area contributed by atoms with Gasteiger partial charge in [0.1, 0.15) is 12.4 Å². The summed E-state index contributed by atoms with van der Waals surface area (Å²) in [5, 5.41) is 8.28. The van der Waals surface area contributed by atoms with Crippen LogP contribution in [0.1, 0.15) is 0 Å². The van der Waals surface area contributed by atoms with E-state index in [1.807, 2.05) is 12.1 Å². The number of aromatic nitrogens is 2. The molecule has 1 amide bonds. The molecule has 0 unspecified atom stereocenters. The van der Waals surface area contributed by atoms with Crippen LogP contribution in [0.5, 0.6) is 0 Å². The number of piperazine rings is 1. The molecule has 30 heavy (non-hydrogen) atoms. The third-order valence-electron chi connectivity index (χ3n) is 5.37. The minimum atomic E-state index is -0.264. The van der Waals surface area contributed by atoms with Crippen molar-refractivity contribution in [1.29, 1.82) is 0 Å². The van der Waals surface area contributed by atoms with E-state index >= 15 is 0 Å². The number of hydrogen-bond acceptors (Lipinski definition) is 5. The maximum absolute atomic E-state index is 13.1. The molecule has 3 aromatic rings. The van der Waals surface area contributed by atoms with Gasteiger partial charge in [-0.05, 0) is 30.3 Å². The van der Waals surface area contributed by atoms with Crippen LogP contribution >= 0.6 is 0 Å². The topological polar surface area (TPSA) is 70.5 Å². The number of anilines is 1. The fourth-order valence-electron chi connectivity index (χ4n) is 3.67. The van der Waals surface area contributed by atoms with Gasteiger partial charge in [0.25, 0.3) is 5.56 Å². The fraction of sp³-hybridized carbons (Fsp3) is 0.318. The summed E-state index contributed by atoms with van der Waals surface area (Å²) in [6.45, 7) is 4.62. The van der Waals surface area contributed by atoms with E-state index in [2.05, 4.69) is 20.2 Å². The molecule has 0 atom stereocenters. The van der Waals surface area contributed by atoms with Gasteiger partial charge < -0.3 is 10.2 Å². The molecule has 2 heterocycles. The maximum Gasteiger partial charge on any atom is 0.275 e. The third-order valence-corrected chi connectivity index (χ3v) is 5.37. The molecule has 2 aromatic carbocycles. The largest absolute Gasteiger partial charge is 0.369 e. The lowest BCUT2D eigenvalue weighted by Gasteiger charge is -2.36. The summed E-state index contributed by atoms with van der Waals surface area (Å²) < 4.78 is 14.3. The first kappa shape index (κ1) is 20.0. The molecule has 0 radical (unpaired) electrons. The van der Waals surface area contributed by atoms with Gasteiger partial charge in [-0.1, -0.05) is 18.2 Å². The Kier molecular flexibility index (Phi) is 6.04. The Labute approximate surface area is 173 Å². The lowest BCUT2D eigenvalue weighted by Crippen LogP contribution is -2.48. The van der Waals surface area contributed by atoms with Crippen molar-refractivity contribution in [2.45, 2.75) is 6.54 Å². The number of benzene rings is 2. The molecule has 156 valence electrons. The van der Waals surface area contributed by atoms with Crippen molar-refractivity contribution in [3.8, 4) is 0 Å². The quantitative estimate of drug-likeness (QED) is 0.668. The second-order valence-electron chi connectivity index (χ2n) is 7.35. The van der Waals surface area contributed by atoms with Gasteiger partial charge in [-0.2, -0.15) is 5.10 Å². The first-order chi connectivity index (χ1) is 14.6. The molecule has 1 N–H and O–H groups in total. The molecule has 1 saturated heterocycles. The van der Waals surface area contributed by atoms with E-state index < -0.39 is 0 Å². The number of nitrogens with one attached hydrogen (secondary N) is 1. The van der Waals surface area contributed by atoms with E-state index in [1.54, 1.807) is 30.5 Å². The summed E-state index contributed by atoms with van der Waals surface area (Å²) in [7, 11) is 0. The summed E-state index contributed by atoms with van der Waals surface area (Å²) in [6, 6.07) is 13.8. The minimum Gasteiger partial charge on any atom is -0.369 e. The molecular formula is C22H24FN5O2. The van der Waals surface area contributed by atoms with E-state index in [0.29, 0.717) is 11.9 Å². The molecule has 1 aliphatic rings. The molecule has 1 aliphatic heterocycles. The lowest BCUT2D eigenvalue weighted by molar-refractivity contribution is -0.121. The maximum atomic E-state index is 13.1. The van der Waals surface area contributed by atoms with E-state index in [1.165, 1.54) is 16.8 Å². The van der Waals surface area contributed by atoms with Crippen LogP contribution in [0.2, 0.25) is 0 Å². The number of carbonyl (C=O) groups is 1. The Morgan fingerprint density at radius 2 is 1.77 bits per heavy atom. The molecule has 4 rings (SSSR count). The molecular weight excluding hydrogens is 385 g/mol.